The number of carbonyl (C=O) groups excluding carboxylic acids is 4. The first-order valence-corrected chi connectivity index (χ1v) is 8.43. The second kappa shape index (κ2) is 6.87. The Morgan fingerprint density at radius 3 is 2.27 bits per heavy atom. The van der Waals surface area contributed by atoms with Crippen LogP contribution in [0.2, 0.25) is 0 Å². The molecular formula is C18H21N3O5. The van der Waals surface area contributed by atoms with Crippen LogP contribution in [-0.4, -0.2) is 59.7 Å². The van der Waals surface area contributed by atoms with Crippen molar-refractivity contribution < 1.29 is 23.9 Å². The van der Waals surface area contributed by atoms with Crippen LogP contribution in [0.15, 0.2) is 30.3 Å². The molecule has 1 aromatic rings. The van der Waals surface area contributed by atoms with Crippen molar-refractivity contribution in [3.63, 3.8) is 0 Å². The van der Waals surface area contributed by atoms with E-state index in [0.717, 1.165) is 4.90 Å². The van der Waals surface area contributed by atoms with Crippen molar-refractivity contribution >= 4 is 23.6 Å². The van der Waals surface area contributed by atoms with E-state index in [0.29, 0.717) is 5.56 Å². The number of primary amides is 1. The lowest BCUT2D eigenvalue weighted by Gasteiger charge is -2.32. The number of likely N-dealkylation sites (tertiary alicyclic amines) is 2. The Morgan fingerprint density at radius 1 is 1.12 bits per heavy atom. The summed E-state index contributed by atoms with van der Waals surface area (Å²) in [6.07, 6.45) is 0. The van der Waals surface area contributed by atoms with E-state index in [1.165, 1.54) is 12.0 Å². The number of imide groups is 1. The van der Waals surface area contributed by atoms with Gasteiger partial charge >= 0.3 is 0 Å². The molecule has 8 heteroatoms. The molecule has 2 fully saturated rings. The number of amides is 4. The lowest BCUT2D eigenvalue weighted by molar-refractivity contribution is -0.148. The zero-order chi connectivity index (χ0) is 19.0. The van der Waals surface area contributed by atoms with Crippen LogP contribution in [0, 0.1) is 11.8 Å². The lowest BCUT2D eigenvalue weighted by atomic mass is 9.86. The Balaban J connectivity index is 2.16. The minimum atomic E-state index is -1.18. The number of hydrogen-bond acceptors (Lipinski definition) is 5. The van der Waals surface area contributed by atoms with Crippen molar-refractivity contribution in [1.82, 2.24) is 9.80 Å². The average Bonchev–Trinajstić information content (AvgIpc) is 3.09. The van der Waals surface area contributed by atoms with Crippen LogP contribution in [0.25, 0.3) is 0 Å². The highest BCUT2D eigenvalue weighted by molar-refractivity contribution is 6.09. The molecule has 4 unspecified atom stereocenters. The molecule has 0 bridgehead atoms. The van der Waals surface area contributed by atoms with E-state index in [1.54, 1.807) is 31.2 Å². The molecule has 4 amide bonds. The molecule has 0 spiro atoms. The molecule has 2 aliphatic heterocycles. The summed E-state index contributed by atoms with van der Waals surface area (Å²) in [5, 5.41) is 0. The standard InChI is InChI=1S/C18H21N3O5/c1-3-20-17(24)12-13(18(20)25)15(16(19)23)21(11(22)9-26-2)14(12)10-7-5-4-6-8-10/h4-8,12-15H,3,9H2,1-2H3,(H2,19,23). The van der Waals surface area contributed by atoms with Gasteiger partial charge in [0.15, 0.2) is 0 Å². The molecular weight excluding hydrogens is 338 g/mol. The Kier molecular flexibility index (Phi) is 4.78. The largest absolute Gasteiger partial charge is 0.375 e. The monoisotopic (exact) mass is 359 g/mol. The summed E-state index contributed by atoms with van der Waals surface area (Å²) < 4.78 is 4.92. The zero-order valence-electron chi connectivity index (χ0n) is 14.6. The summed E-state index contributed by atoms with van der Waals surface area (Å²) in [6.45, 7) is 1.64. The van der Waals surface area contributed by atoms with Gasteiger partial charge in [0.05, 0.1) is 17.9 Å². The van der Waals surface area contributed by atoms with Gasteiger partial charge in [-0.2, -0.15) is 0 Å². The molecule has 0 saturated carbocycles. The molecule has 0 radical (unpaired) electrons. The van der Waals surface area contributed by atoms with E-state index in [1.807, 2.05) is 6.07 Å². The number of hydrogen-bond donors (Lipinski definition) is 1. The minimum Gasteiger partial charge on any atom is -0.375 e. The van der Waals surface area contributed by atoms with E-state index < -0.39 is 41.6 Å². The normalized spacial score (nSPS) is 27.8. The van der Waals surface area contributed by atoms with Gasteiger partial charge in [0.2, 0.25) is 23.6 Å². The van der Waals surface area contributed by atoms with E-state index in [4.69, 9.17) is 10.5 Å². The fraction of sp³-hybridized carbons (Fsp3) is 0.444. The number of fused-ring (bicyclic) bond motifs is 1. The topological polar surface area (TPSA) is 110 Å². The molecule has 3 rings (SSSR count). The van der Waals surface area contributed by atoms with Crippen LogP contribution in [0.1, 0.15) is 18.5 Å². The molecule has 8 nitrogen and oxygen atoms in total. The molecule has 0 aromatic heterocycles. The van der Waals surface area contributed by atoms with Gasteiger partial charge in [-0.1, -0.05) is 30.3 Å². The Morgan fingerprint density at radius 2 is 1.73 bits per heavy atom. The molecule has 4 atom stereocenters. The maximum Gasteiger partial charge on any atom is 0.249 e. The zero-order valence-corrected chi connectivity index (χ0v) is 14.6. The smallest absolute Gasteiger partial charge is 0.249 e. The number of benzene rings is 1. The summed E-state index contributed by atoms with van der Waals surface area (Å²) in [5.74, 6) is -3.92. The summed E-state index contributed by atoms with van der Waals surface area (Å²) in [7, 11) is 1.36. The molecule has 138 valence electrons. The van der Waals surface area contributed by atoms with Crippen molar-refractivity contribution in [1.29, 1.82) is 0 Å². The average molecular weight is 359 g/mol. The van der Waals surface area contributed by atoms with Crippen LogP contribution < -0.4 is 5.73 Å². The van der Waals surface area contributed by atoms with Crippen molar-refractivity contribution in [3.8, 4) is 0 Å². The van der Waals surface area contributed by atoms with Crippen LogP contribution in [0.5, 0.6) is 0 Å². The van der Waals surface area contributed by atoms with Gasteiger partial charge < -0.3 is 15.4 Å². The van der Waals surface area contributed by atoms with Gasteiger partial charge in [0.1, 0.15) is 12.6 Å². The third-order valence-corrected chi connectivity index (χ3v) is 5.07. The highest BCUT2D eigenvalue weighted by Crippen LogP contribution is 2.49. The number of carbonyl (C=O) groups is 4. The maximum absolute atomic E-state index is 12.9. The second-order valence-corrected chi connectivity index (χ2v) is 6.41. The molecule has 2 saturated heterocycles. The van der Waals surface area contributed by atoms with Crippen molar-refractivity contribution in [3.05, 3.63) is 35.9 Å². The van der Waals surface area contributed by atoms with Gasteiger partial charge in [-0.3, -0.25) is 24.1 Å². The third-order valence-electron chi connectivity index (χ3n) is 5.07. The van der Waals surface area contributed by atoms with Crippen LogP contribution in [0.3, 0.4) is 0 Å². The van der Waals surface area contributed by atoms with Gasteiger partial charge in [0.25, 0.3) is 0 Å². The van der Waals surface area contributed by atoms with E-state index >= 15 is 0 Å². The predicted molar refractivity (Wildman–Crippen MR) is 90.3 cm³/mol. The number of rotatable bonds is 5. The van der Waals surface area contributed by atoms with Crippen LogP contribution in [0.4, 0.5) is 0 Å². The molecule has 2 heterocycles. The number of methoxy groups -OCH3 is 1. The SMILES string of the molecule is CCN1C(=O)C2C(C1=O)C(c1ccccc1)N(C(=O)COC)C2C(N)=O. The lowest BCUT2D eigenvalue weighted by Crippen LogP contribution is -2.51. The Bertz CT molecular complexity index is 750. The molecule has 1 aromatic carbocycles. The fourth-order valence-electron chi connectivity index (χ4n) is 4.11. The molecule has 0 aliphatic carbocycles. The first kappa shape index (κ1) is 18.1. The second-order valence-electron chi connectivity index (χ2n) is 6.41. The van der Waals surface area contributed by atoms with Crippen molar-refractivity contribution in [2.45, 2.75) is 19.0 Å². The predicted octanol–water partition coefficient (Wildman–Crippen LogP) is -0.309. The van der Waals surface area contributed by atoms with Gasteiger partial charge in [-0.25, -0.2) is 0 Å². The first-order valence-electron chi connectivity index (χ1n) is 8.43. The van der Waals surface area contributed by atoms with Gasteiger partial charge in [0, 0.05) is 13.7 Å². The quantitative estimate of drug-likeness (QED) is 0.725. The van der Waals surface area contributed by atoms with E-state index in [-0.39, 0.29) is 19.1 Å². The maximum atomic E-state index is 12.9. The fourth-order valence-corrected chi connectivity index (χ4v) is 4.11. The summed E-state index contributed by atoms with van der Waals surface area (Å²) in [4.78, 5) is 53.0. The number of nitrogens with zero attached hydrogens (tertiary/aromatic N) is 2. The van der Waals surface area contributed by atoms with Gasteiger partial charge in [-0.15, -0.1) is 0 Å². The highest BCUT2D eigenvalue weighted by atomic mass is 16.5. The van der Waals surface area contributed by atoms with Crippen LogP contribution in [-0.2, 0) is 23.9 Å². The van der Waals surface area contributed by atoms with Gasteiger partial charge in [-0.05, 0) is 12.5 Å². The highest BCUT2D eigenvalue weighted by Gasteiger charge is 2.64. The summed E-state index contributed by atoms with van der Waals surface area (Å²) in [6, 6.07) is 6.98. The third kappa shape index (κ3) is 2.57. The molecule has 2 aliphatic rings. The molecule has 2 N–H and O–H groups in total. The molecule has 26 heavy (non-hydrogen) atoms. The summed E-state index contributed by atoms with van der Waals surface area (Å²) in [5.41, 5.74) is 6.23. The van der Waals surface area contributed by atoms with E-state index in [2.05, 4.69) is 0 Å². The minimum absolute atomic E-state index is 0.212. The summed E-state index contributed by atoms with van der Waals surface area (Å²) >= 11 is 0. The number of nitrogens with two attached hydrogens (primary N) is 1. The Hall–Kier alpha value is -2.74. The van der Waals surface area contributed by atoms with Crippen molar-refractivity contribution in [2.24, 2.45) is 17.6 Å². The van der Waals surface area contributed by atoms with E-state index in [9.17, 15) is 19.2 Å². The first-order chi connectivity index (χ1) is 12.4. The van der Waals surface area contributed by atoms with Crippen LogP contribution >= 0.6 is 0 Å². The number of ether oxygens (including phenoxy) is 1. The Labute approximate surface area is 150 Å². The van der Waals surface area contributed by atoms with Crippen molar-refractivity contribution in [2.75, 3.05) is 20.3 Å².